The first-order valence-corrected chi connectivity index (χ1v) is 14.7. The number of carbonyl (C=O) groups excluding carboxylic acids is 3. The largest absolute Gasteiger partial charge is 0.469 e. The van der Waals surface area contributed by atoms with Crippen LogP contribution in [0.5, 0.6) is 0 Å². The zero-order valence-electron chi connectivity index (χ0n) is 24.4. The third kappa shape index (κ3) is 7.39. The predicted molar refractivity (Wildman–Crippen MR) is 165 cm³/mol. The van der Waals surface area contributed by atoms with Crippen molar-refractivity contribution in [1.82, 2.24) is 19.8 Å². The van der Waals surface area contributed by atoms with Crippen LogP contribution < -0.4 is 11.1 Å². The molecule has 1 aliphatic rings. The second kappa shape index (κ2) is 14.0. The molecule has 1 aliphatic heterocycles. The number of methoxy groups -OCH3 is 1. The molecule has 1 atom stereocenters. The first-order valence-electron chi connectivity index (χ1n) is 14.7. The highest BCUT2D eigenvalue weighted by atomic mass is 16.5. The van der Waals surface area contributed by atoms with Crippen molar-refractivity contribution in [3.63, 3.8) is 0 Å². The molecule has 0 bridgehead atoms. The number of carbonyl (C=O) groups is 3. The number of fused-ring (bicyclic) bond motifs is 2. The molecule has 10 heteroatoms. The molecule has 2 amide bonds. The van der Waals surface area contributed by atoms with Gasteiger partial charge in [0.1, 0.15) is 11.9 Å². The summed E-state index contributed by atoms with van der Waals surface area (Å²) in [5, 5.41) is 3.25. The van der Waals surface area contributed by atoms with Crippen LogP contribution in [0, 0.1) is 0 Å². The Hall–Kier alpha value is -4.70. The van der Waals surface area contributed by atoms with E-state index in [2.05, 4.69) is 15.3 Å². The van der Waals surface area contributed by atoms with E-state index in [1.165, 1.54) is 7.11 Å². The van der Waals surface area contributed by atoms with Crippen LogP contribution in [0.4, 0.5) is 5.69 Å². The number of hydrogen-bond acceptors (Lipinski definition) is 7. The lowest BCUT2D eigenvalue weighted by Gasteiger charge is -2.24. The quantitative estimate of drug-likeness (QED) is 0.171. The molecule has 43 heavy (non-hydrogen) atoms. The van der Waals surface area contributed by atoms with Crippen molar-refractivity contribution in [2.24, 2.45) is 5.73 Å². The second-order valence-corrected chi connectivity index (χ2v) is 10.8. The highest BCUT2D eigenvalue weighted by molar-refractivity contribution is 5.96. The van der Waals surface area contributed by atoms with E-state index in [-0.39, 0.29) is 18.2 Å². The van der Waals surface area contributed by atoms with Crippen molar-refractivity contribution in [2.75, 3.05) is 32.1 Å². The van der Waals surface area contributed by atoms with Gasteiger partial charge in [-0.25, -0.2) is 4.98 Å². The first kappa shape index (κ1) is 29.8. The fraction of sp³-hybridized carbons (Fsp3) is 0.333. The van der Waals surface area contributed by atoms with Gasteiger partial charge >= 0.3 is 5.97 Å². The van der Waals surface area contributed by atoms with E-state index in [4.69, 9.17) is 10.5 Å². The summed E-state index contributed by atoms with van der Waals surface area (Å²) in [6.45, 7) is 2.19. The van der Waals surface area contributed by atoms with Crippen LogP contribution in [-0.2, 0) is 33.8 Å². The van der Waals surface area contributed by atoms with Crippen molar-refractivity contribution >= 4 is 34.5 Å². The molecule has 0 aliphatic carbocycles. The zero-order valence-corrected chi connectivity index (χ0v) is 24.4. The molecule has 0 spiro atoms. The summed E-state index contributed by atoms with van der Waals surface area (Å²) in [7, 11) is 1.31. The number of rotatable bonds is 12. The van der Waals surface area contributed by atoms with Gasteiger partial charge in [-0.05, 0) is 67.3 Å². The lowest BCUT2D eigenvalue weighted by Crippen LogP contribution is -2.42. The van der Waals surface area contributed by atoms with Gasteiger partial charge in [0.2, 0.25) is 5.91 Å². The maximum atomic E-state index is 13.9. The maximum Gasteiger partial charge on any atom is 0.308 e. The number of hydrogen-bond donors (Lipinski definition) is 3. The molecule has 2 heterocycles. The Labute approximate surface area is 251 Å². The SMILES string of the molecule is COC(=O)CC1Nc2ccc(C(=O)N(CCCCN)Cc3nc4ccccc4[nH]3)cc2CN(CCc2ccccc2)C1=O. The van der Waals surface area contributed by atoms with E-state index in [0.717, 1.165) is 35.0 Å². The molecule has 0 saturated heterocycles. The van der Waals surface area contributed by atoms with Gasteiger partial charge in [-0.2, -0.15) is 0 Å². The summed E-state index contributed by atoms with van der Waals surface area (Å²) in [4.78, 5) is 51.2. The molecule has 0 saturated carbocycles. The number of anilines is 1. The highest BCUT2D eigenvalue weighted by Crippen LogP contribution is 2.27. The number of imidazole rings is 1. The highest BCUT2D eigenvalue weighted by Gasteiger charge is 2.32. The fourth-order valence-electron chi connectivity index (χ4n) is 5.38. The van der Waals surface area contributed by atoms with Gasteiger partial charge in [0.15, 0.2) is 0 Å². The van der Waals surface area contributed by atoms with Crippen LogP contribution in [0.2, 0.25) is 0 Å². The Morgan fingerprint density at radius 1 is 1.07 bits per heavy atom. The van der Waals surface area contributed by atoms with Gasteiger partial charge in [0.25, 0.3) is 5.91 Å². The number of unbranched alkanes of at least 4 members (excludes halogenated alkanes) is 1. The topological polar surface area (TPSA) is 134 Å². The van der Waals surface area contributed by atoms with Crippen molar-refractivity contribution in [3.8, 4) is 0 Å². The summed E-state index contributed by atoms with van der Waals surface area (Å²) in [6.07, 6.45) is 2.14. The number of H-pyrrole nitrogens is 1. The van der Waals surface area contributed by atoms with Crippen molar-refractivity contribution in [1.29, 1.82) is 0 Å². The Balaban J connectivity index is 1.40. The number of aromatic nitrogens is 2. The molecule has 224 valence electrons. The number of aromatic amines is 1. The number of esters is 1. The summed E-state index contributed by atoms with van der Waals surface area (Å²) < 4.78 is 4.86. The molecule has 0 radical (unpaired) electrons. The Bertz CT molecular complexity index is 1540. The summed E-state index contributed by atoms with van der Waals surface area (Å²) in [5.41, 5.74) is 10.7. The second-order valence-electron chi connectivity index (χ2n) is 10.8. The third-order valence-electron chi connectivity index (χ3n) is 7.71. The van der Waals surface area contributed by atoms with E-state index in [9.17, 15) is 14.4 Å². The summed E-state index contributed by atoms with van der Waals surface area (Å²) in [6, 6.07) is 22.4. The van der Waals surface area contributed by atoms with Gasteiger partial charge in [-0.15, -0.1) is 0 Å². The Kier molecular flexibility index (Phi) is 9.68. The van der Waals surface area contributed by atoms with Crippen molar-refractivity contribution in [3.05, 3.63) is 95.3 Å². The van der Waals surface area contributed by atoms with Crippen LogP contribution in [-0.4, -0.2) is 70.3 Å². The number of nitrogens with two attached hydrogens (primary N) is 1. The molecule has 1 unspecified atom stereocenters. The average Bonchev–Trinajstić information content (AvgIpc) is 3.39. The minimum atomic E-state index is -0.771. The molecule has 3 aromatic carbocycles. The van der Waals surface area contributed by atoms with Gasteiger partial charge in [0, 0.05) is 30.9 Å². The van der Waals surface area contributed by atoms with E-state index < -0.39 is 12.0 Å². The number of nitrogens with one attached hydrogen (secondary N) is 2. The van der Waals surface area contributed by atoms with E-state index in [0.29, 0.717) is 56.2 Å². The minimum absolute atomic E-state index is 0.0935. The van der Waals surface area contributed by atoms with Gasteiger partial charge in [-0.3, -0.25) is 14.4 Å². The number of benzene rings is 3. The number of ether oxygens (including phenoxy) is 1. The number of para-hydroxylation sites is 2. The zero-order chi connectivity index (χ0) is 30.2. The monoisotopic (exact) mass is 582 g/mol. The Morgan fingerprint density at radius 2 is 1.86 bits per heavy atom. The molecule has 4 N–H and O–H groups in total. The van der Waals surface area contributed by atoms with Gasteiger partial charge in [-0.1, -0.05) is 42.5 Å². The molecule has 1 aromatic heterocycles. The van der Waals surface area contributed by atoms with Crippen LogP contribution in [0.3, 0.4) is 0 Å². The van der Waals surface area contributed by atoms with Crippen molar-refractivity contribution in [2.45, 2.75) is 44.8 Å². The molecule has 5 rings (SSSR count). The van der Waals surface area contributed by atoms with Crippen LogP contribution in [0.15, 0.2) is 72.8 Å². The maximum absolute atomic E-state index is 13.9. The lowest BCUT2D eigenvalue weighted by molar-refractivity contribution is -0.144. The number of amides is 2. The minimum Gasteiger partial charge on any atom is -0.469 e. The van der Waals surface area contributed by atoms with Crippen LogP contribution >= 0.6 is 0 Å². The van der Waals surface area contributed by atoms with Gasteiger partial charge < -0.3 is 30.6 Å². The molecule has 0 fully saturated rings. The summed E-state index contributed by atoms with van der Waals surface area (Å²) in [5.74, 6) is -0.0682. The van der Waals surface area contributed by atoms with E-state index in [1.807, 2.05) is 66.7 Å². The predicted octanol–water partition coefficient (Wildman–Crippen LogP) is 3.87. The van der Waals surface area contributed by atoms with Crippen molar-refractivity contribution < 1.29 is 19.1 Å². The van der Waals surface area contributed by atoms with Gasteiger partial charge in [0.05, 0.1) is 31.1 Å². The lowest BCUT2D eigenvalue weighted by atomic mass is 10.1. The fourth-order valence-corrected chi connectivity index (χ4v) is 5.38. The summed E-state index contributed by atoms with van der Waals surface area (Å²) >= 11 is 0. The third-order valence-corrected chi connectivity index (χ3v) is 7.71. The normalized spacial score (nSPS) is 14.6. The Morgan fingerprint density at radius 3 is 2.63 bits per heavy atom. The van der Waals surface area contributed by atoms with E-state index in [1.54, 1.807) is 15.9 Å². The smallest absolute Gasteiger partial charge is 0.308 e. The molecular formula is C33H38N6O4. The van der Waals surface area contributed by atoms with E-state index >= 15 is 0 Å². The number of nitrogens with zero attached hydrogens (tertiary/aromatic N) is 3. The standard InChI is InChI=1S/C33H38N6O4/c1-43-31(40)20-29-33(42)39(18-15-23-9-3-2-4-10-23)21-25-19-24(13-14-26(25)35-29)32(41)38(17-8-7-16-34)22-30-36-27-11-5-6-12-28(27)37-30/h2-6,9-14,19,29,35H,7-8,15-18,20-22,34H2,1H3,(H,36,37). The molecule has 10 nitrogen and oxygen atoms in total. The first-order chi connectivity index (χ1) is 20.9. The van der Waals surface area contributed by atoms with Crippen LogP contribution in [0.1, 0.15) is 46.6 Å². The molecule has 4 aromatic rings. The van der Waals surface area contributed by atoms with Crippen LogP contribution in [0.25, 0.3) is 11.0 Å². The molecular weight excluding hydrogens is 544 g/mol. The average molecular weight is 583 g/mol.